The number of ketones is 1. The van der Waals surface area contributed by atoms with Gasteiger partial charge in [0, 0.05) is 37.9 Å². The maximum Gasteiger partial charge on any atom is 0.522 e. The molecule has 3 rings (SSSR count). The third kappa shape index (κ3) is 7.58. The van der Waals surface area contributed by atoms with E-state index in [-0.39, 0.29) is 19.4 Å². The number of nitrogens with zero attached hydrogens (tertiary/aromatic N) is 1. The van der Waals surface area contributed by atoms with E-state index < -0.39 is 90.6 Å². The first-order valence-corrected chi connectivity index (χ1v) is 11.8. The van der Waals surface area contributed by atoms with Crippen molar-refractivity contribution in [3.63, 3.8) is 0 Å². The zero-order valence-electron chi connectivity index (χ0n) is 20.3. The number of nitrogens with one attached hydrogen (secondary N) is 3. The topological polar surface area (TPSA) is 134 Å². The summed E-state index contributed by atoms with van der Waals surface area (Å²) in [6, 6.07) is -3.66. The van der Waals surface area contributed by atoms with Crippen LogP contribution in [-0.2, 0) is 28.7 Å². The van der Waals surface area contributed by atoms with Crippen LogP contribution < -0.4 is 16.0 Å². The maximum absolute atomic E-state index is 13.2. The fourth-order valence-corrected chi connectivity index (χ4v) is 4.80. The van der Waals surface area contributed by atoms with Gasteiger partial charge in [-0.25, -0.2) is 8.78 Å². The molecule has 0 bridgehead atoms. The molecule has 1 aliphatic carbocycles. The Kier molecular flexibility index (Phi) is 8.15. The Morgan fingerprint density at radius 3 is 2.35 bits per heavy atom. The minimum atomic E-state index is -5.09. The fourth-order valence-electron chi connectivity index (χ4n) is 4.80. The van der Waals surface area contributed by atoms with Crippen molar-refractivity contribution >= 4 is 29.4 Å². The second-order valence-electron chi connectivity index (χ2n) is 10.5. The molecular formula is C22H29F5N4O6. The first-order valence-electron chi connectivity index (χ1n) is 11.8. The number of hydrogen-bond acceptors (Lipinski definition) is 6. The van der Waals surface area contributed by atoms with E-state index in [0.717, 1.165) is 4.90 Å². The molecule has 0 aromatic rings. The molecule has 37 heavy (non-hydrogen) atoms. The molecule has 4 amide bonds. The largest absolute Gasteiger partial charge is 0.522 e. The van der Waals surface area contributed by atoms with Gasteiger partial charge in [0.1, 0.15) is 12.6 Å². The van der Waals surface area contributed by atoms with Gasteiger partial charge >= 0.3 is 18.2 Å². The van der Waals surface area contributed by atoms with E-state index >= 15 is 0 Å². The lowest BCUT2D eigenvalue weighted by Crippen LogP contribution is -2.57. The van der Waals surface area contributed by atoms with E-state index in [4.69, 9.17) is 0 Å². The van der Waals surface area contributed by atoms with Crippen LogP contribution in [0.5, 0.6) is 0 Å². The van der Waals surface area contributed by atoms with E-state index in [2.05, 4.69) is 20.7 Å². The number of alkyl halides is 5. The van der Waals surface area contributed by atoms with E-state index in [1.54, 1.807) is 13.8 Å². The highest BCUT2D eigenvalue weighted by Crippen LogP contribution is 2.38. The van der Waals surface area contributed by atoms with Crippen molar-refractivity contribution in [3.05, 3.63) is 0 Å². The highest BCUT2D eigenvalue weighted by atomic mass is 19.4. The Balaban J connectivity index is 1.71. The summed E-state index contributed by atoms with van der Waals surface area (Å²) in [7, 11) is 0. The van der Waals surface area contributed by atoms with Crippen molar-refractivity contribution < 1.29 is 50.7 Å². The summed E-state index contributed by atoms with van der Waals surface area (Å²) in [6.45, 7) is 2.30. The summed E-state index contributed by atoms with van der Waals surface area (Å²) in [5.74, 6) is -8.38. The molecule has 2 aliphatic heterocycles. The Hall–Kier alpha value is -2.84. The number of likely N-dealkylation sites (tertiary alicyclic amines) is 1. The number of ether oxygens (including phenoxy) is 1. The maximum atomic E-state index is 13.2. The molecule has 3 atom stereocenters. The molecule has 15 heteroatoms. The first-order chi connectivity index (χ1) is 17.0. The Labute approximate surface area is 209 Å². The van der Waals surface area contributed by atoms with Crippen molar-refractivity contribution in [3.8, 4) is 0 Å². The highest BCUT2D eigenvalue weighted by Gasteiger charge is 2.49. The molecule has 3 aliphatic rings. The monoisotopic (exact) mass is 540 g/mol. The Bertz CT molecular complexity index is 948. The smallest absolute Gasteiger partial charge is 0.356 e. The number of carbonyl (C=O) groups is 5. The number of carbonyl (C=O) groups excluding carboxylic acids is 5. The van der Waals surface area contributed by atoms with E-state index in [1.807, 2.05) is 0 Å². The summed E-state index contributed by atoms with van der Waals surface area (Å²) in [6.07, 6.45) is -6.23. The minimum absolute atomic E-state index is 0.0427. The van der Waals surface area contributed by atoms with Crippen molar-refractivity contribution in [2.45, 2.75) is 76.4 Å². The van der Waals surface area contributed by atoms with Gasteiger partial charge in [-0.3, -0.25) is 28.7 Å². The Morgan fingerprint density at radius 1 is 1.16 bits per heavy atom. The fraction of sp³-hybridized carbons (Fsp3) is 0.773. The summed E-state index contributed by atoms with van der Waals surface area (Å²) in [5.41, 5.74) is -0.647. The molecule has 3 fully saturated rings. The van der Waals surface area contributed by atoms with Crippen LogP contribution in [0.1, 0.15) is 46.0 Å². The van der Waals surface area contributed by atoms with Crippen LogP contribution in [0.2, 0.25) is 0 Å². The van der Waals surface area contributed by atoms with Gasteiger partial charge in [0.25, 0.3) is 5.92 Å². The molecule has 3 N–H and O–H groups in total. The standard InChI is InChI=1S/C22H29F5N4O6/c1-20(2)8-14(31(10-20)19(36)18(35)29-12-6-21(23,24)7-12)17(34)30-13(5-11-3-4-28-16(11)33)15(32)9-37-22(25,26)27/h11-14H,3-10H2,1-2H3,(H,28,33)(H,29,35)(H,30,34)/t11-,13?,14-/m0/s1. The molecule has 0 aromatic heterocycles. The van der Waals surface area contributed by atoms with Gasteiger partial charge in [-0.05, 0) is 24.7 Å². The molecular weight excluding hydrogens is 511 g/mol. The third-order valence-electron chi connectivity index (χ3n) is 6.67. The molecule has 10 nitrogen and oxygen atoms in total. The lowest BCUT2D eigenvalue weighted by Gasteiger charge is -2.35. The Morgan fingerprint density at radius 2 is 1.81 bits per heavy atom. The highest BCUT2D eigenvalue weighted by molar-refractivity contribution is 6.35. The van der Waals surface area contributed by atoms with Gasteiger partial charge in [0.05, 0.1) is 6.04 Å². The first kappa shape index (κ1) is 28.7. The van der Waals surface area contributed by atoms with E-state index in [9.17, 15) is 45.9 Å². The minimum Gasteiger partial charge on any atom is -0.356 e. The molecule has 0 aromatic carbocycles. The molecule has 0 radical (unpaired) electrons. The van der Waals surface area contributed by atoms with Gasteiger partial charge in [0.2, 0.25) is 11.8 Å². The van der Waals surface area contributed by atoms with Gasteiger partial charge in [-0.15, -0.1) is 13.2 Å². The normalized spacial score (nSPS) is 25.7. The quantitative estimate of drug-likeness (QED) is 0.306. The van der Waals surface area contributed by atoms with Crippen LogP contribution in [0.15, 0.2) is 0 Å². The van der Waals surface area contributed by atoms with Crippen LogP contribution in [0.4, 0.5) is 22.0 Å². The van der Waals surface area contributed by atoms with Crippen molar-refractivity contribution in [2.24, 2.45) is 11.3 Å². The van der Waals surface area contributed by atoms with Gasteiger partial charge in [-0.2, -0.15) is 0 Å². The second kappa shape index (κ2) is 10.5. The molecule has 0 spiro atoms. The van der Waals surface area contributed by atoms with Crippen molar-refractivity contribution in [1.82, 2.24) is 20.9 Å². The summed E-state index contributed by atoms with van der Waals surface area (Å²) < 4.78 is 67.1. The number of Topliss-reactive ketones (excluding diaryl/α,β-unsaturated/α-hetero) is 1. The number of rotatable bonds is 8. The average Bonchev–Trinajstić information content (AvgIpc) is 3.30. The third-order valence-corrected chi connectivity index (χ3v) is 6.67. The van der Waals surface area contributed by atoms with Crippen molar-refractivity contribution in [2.75, 3.05) is 19.7 Å². The number of halogens is 5. The lowest BCUT2D eigenvalue weighted by molar-refractivity contribution is -0.321. The summed E-state index contributed by atoms with van der Waals surface area (Å²) in [4.78, 5) is 63.8. The van der Waals surface area contributed by atoms with Crippen molar-refractivity contribution in [1.29, 1.82) is 0 Å². The average molecular weight is 540 g/mol. The molecule has 208 valence electrons. The van der Waals surface area contributed by atoms with Crippen LogP contribution >= 0.6 is 0 Å². The second-order valence-corrected chi connectivity index (χ2v) is 10.5. The van der Waals surface area contributed by atoms with Crippen LogP contribution in [0, 0.1) is 11.3 Å². The van der Waals surface area contributed by atoms with Crippen LogP contribution in [0.25, 0.3) is 0 Å². The van der Waals surface area contributed by atoms with Gasteiger partial charge in [-0.1, -0.05) is 13.8 Å². The van der Waals surface area contributed by atoms with Gasteiger partial charge < -0.3 is 20.9 Å². The summed E-state index contributed by atoms with van der Waals surface area (Å²) >= 11 is 0. The van der Waals surface area contributed by atoms with E-state index in [1.165, 1.54) is 0 Å². The van der Waals surface area contributed by atoms with E-state index in [0.29, 0.717) is 13.0 Å². The molecule has 2 saturated heterocycles. The zero-order valence-corrected chi connectivity index (χ0v) is 20.3. The predicted octanol–water partition coefficient (Wildman–Crippen LogP) is 0.644. The van der Waals surface area contributed by atoms with Crippen LogP contribution in [0.3, 0.4) is 0 Å². The van der Waals surface area contributed by atoms with Crippen LogP contribution in [-0.4, -0.2) is 84.4 Å². The number of hydrogen-bond donors (Lipinski definition) is 3. The lowest BCUT2D eigenvalue weighted by atomic mass is 9.88. The molecule has 1 unspecified atom stereocenters. The predicted molar refractivity (Wildman–Crippen MR) is 115 cm³/mol. The summed E-state index contributed by atoms with van der Waals surface area (Å²) in [5, 5.41) is 7.09. The zero-order chi connectivity index (χ0) is 27.8. The molecule has 1 saturated carbocycles. The molecule has 2 heterocycles. The number of amides is 4. The van der Waals surface area contributed by atoms with Gasteiger partial charge in [0.15, 0.2) is 5.78 Å². The SMILES string of the molecule is CC1(C)C[C@@H](C(=O)NC(C[C@@H]2CCNC2=O)C(=O)COC(F)(F)F)N(C(=O)C(=O)NC2CC(F)(F)C2)C1.